The smallest absolute Gasteiger partial charge is 0.0952 e. The first-order valence-electron chi connectivity index (χ1n) is 6.50. The van der Waals surface area contributed by atoms with Crippen molar-refractivity contribution >= 4 is 0 Å². The van der Waals surface area contributed by atoms with Crippen molar-refractivity contribution in [2.24, 2.45) is 11.7 Å². The van der Waals surface area contributed by atoms with E-state index in [-0.39, 0.29) is 5.54 Å². The van der Waals surface area contributed by atoms with Crippen LogP contribution in [-0.4, -0.2) is 9.55 Å². The SMILES string of the molecule is CC1CCC(n2cnc(C3(N)CC3)c2)CC1. The first kappa shape index (κ1) is 10.3. The molecular weight excluding hydrogens is 198 g/mol. The van der Waals surface area contributed by atoms with Crippen LogP contribution in [0, 0.1) is 5.92 Å². The second kappa shape index (κ2) is 3.59. The van der Waals surface area contributed by atoms with Crippen molar-refractivity contribution in [1.29, 1.82) is 0 Å². The zero-order valence-electron chi connectivity index (χ0n) is 10.0. The van der Waals surface area contributed by atoms with Crippen LogP contribution >= 0.6 is 0 Å². The van der Waals surface area contributed by atoms with Gasteiger partial charge in [-0.15, -0.1) is 0 Å². The lowest BCUT2D eigenvalue weighted by atomic mass is 9.87. The van der Waals surface area contributed by atoms with E-state index >= 15 is 0 Å². The number of nitrogens with two attached hydrogens (primary N) is 1. The van der Waals surface area contributed by atoms with Crippen molar-refractivity contribution in [2.45, 2.75) is 57.0 Å². The summed E-state index contributed by atoms with van der Waals surface area (Å²) in [4.78, 5) is 4.48. The van der Waals surface area contributed by atoms with Gasteiger partial charge in [-0.05, 0) is 44.4 Å². The minimum absolute atomic E-state index is 0.0762. The van der Waals surface area contributed by atoms with Gasteiger partial charge in [-0.2, -0.15) is 0 Å². The summed E-state index contributed by atoms with van der Waals surface area (Å²) >= 11 is 0. The summed E-state index contributed by atoms with van der Waals surface area (Å²) in [7, 11) is 0. The molecule has 0 saturated heterocycles. The average molecular weight is 219 g/mol. The molecule has 2 aliphatic carbocycles. The molecule has 88 valence electrons. The maximum Gasteiger partial charge on any atom is 0.0952 e. The normalized spacial score (nSPS) is 32.6. The molecule has 1 aromatic heterocycles. The van der Waals surface area contributed by atoms with Crippen molar-refractivity contribution in [3.05, 3.63) is 18.2 Å². The molecule has 0 spiro atoms. The van der Waals surface area contributed by atoms with Gasteiger partial charge >= 0.3 is 0 Å². The molecule has 2 saturated carbocycles. The van der Waals surface area contributed by atoms with Gasteiger partial charge in [0, 0.05) is 12.2 Å². The number of aromatic nitrogens is 2. The number of imidazole rings is 1. The number of hydrogen-bond donors (Lipinski definition) is 1. The Morgan fingerprint density at radius 3 is 2.62 bits per heavy atom. The van der Waals surface area contributed by atoms with Crippen LogP contribution in [0.2, 0.25) is 0 Å². The first-order chi connectivity index (χ1) is 7.67. The topological polar surface area (TPSA) is 43.8 Å². The third kappa shape index (κ3) is 1.77. The highest BCUT2D eigenvalue weighted by molar-refractivity contribution is 5.19. The Bertz CT molecular complexity index is 370. The molecule has 0 radical (unpaired) electrons. The summed E-state index contributed by atoms with van der Waals surface area (Å²) in [5, 5.41) is 0. The molecule has 1 heterocycles. The molecule has 0 unspecified atom stereocenters. The predicted octanol–water partition coefficient (Wildman–Crippen LogP) is 2.58. The zero-order chi connectivity index (χ0) is 11.2. The van der Waals surface area contributed by atoms with E-state index in [1.807, 2.05) is 6.33 Å². The molecule has 0 amide bonds. The van der Waals surface area contributed by atoms with E-state index in [4.69, 9.17) is 5.73 Å². The Balaban J connectivity index is 1.72. The van der Waals surface area contributed by atoms with E-state index in [2.05, 4.69) is 22.7 Å². The fraction of sp³-hybridized carbons (Fsp3) is 0.769. The molecule has 3 rings (SSSR count). The van der Waals surface area contributed by atoms with Crippen LogP contribution in [0.25, 0.3) is 0 Å². The van der Waals surface area contributed by atoms with Gasteiger partial charge in [0.1, 0.15) is 0 Å². The van der Waals surface area contributed by atoms with Crippen molar-refractivity contribution in [3.8, 4) is 0 Å². The number of nitrogens with zero attached hydrogens (tertiary/aromatic N) is 2. The van der Waals surface area contributed by atoms with Gasteiger partial charge in [0.25, 0.3) is 0 Å². The molecule has 0 aromatic carbocycles. The monoisotopic (exact) mass is 219 g/mol. The van der Waals surface area contributed by atoms with Gasteiger partial charge in [0.2, 0.25) is 0 Å². The summed E-state index contributed by atoms with van der Waals surface area (Å²) in [6, 6.07) is 0.666. The Kier molecular flexibility index (Phi) is 2.32. The van der Waals surface area contributed by atoms with Gasteiger partial charge in [0.15, 0.2) is 0 Å². The van der Waals surface area contributed by atoms with E-state index in [0.29, 0.717) is 6.04 Å². The van der Waals surface area contributed by atoms with Gasteiger partial charge in [0.05, 0.1) is 17.6 Å². The van der Waals surface area contributed by atoms with Gasteiger partial charge in [-0.1, -0.05) is 6.92 Å². The van der Waals surface area contributed by atoms with Crippen molar-refractivity contribution < 1.29 is 0 Å². The first-order valence-corrected chi connectivity index (χ1v) is 6.50. The Morgan fingerprint density at radius 2 is 2.00 bits per heavy atom. The Labute approximate surface area is 97.0 Å². The van der Waals surface area contributed by atoms with Crippen LogP contribution in [0.3, 0.4) is 0 Å². The third-order valence-corrected chi connectivity index (χ3v) is 4.31. The van der Waals surface area contributed by atoms with Crippen molar-refractivity contribution in [3.63, 3.8) is 0 Å². The highest BCUT2D eigenvalue weighted by atomic mass is 15.1. The minimum atomic E-state index is -0.0762. The second-order valence-electron chi connectivity index (χ2n) is 5.78. The molecular formula is C13H21N3. The fourth-order valence-electron chi connectivity index (χ4n) is 2.72. The molecule has 2 aliphatic rings. The van der Waals surface area contributed by atoms with E-state index in [0.717, 1.165) is 24.5 Å². The van der Waals surface area contributed by atoms with Crippen LogP contribution in [0.4, 0.5) is 0 Å². The van der Waals surface area contributed by atoms with Crippen LogP contribution < -0.4 is 5.73 Å². The van der Waals surface area contributed by atoms with E-state index in [9.17, 15) is 0 Å². The molecule has 0 atom stereocenters. The van der Waals surface area contributed by atoms with E-state index in [1.54, 1.807) is 0 Å². The molecule has 2 N–H and O–H groups in total. The summed E-state index contributed by atoms with van der Waals surface area (Å²) in [6.07, 6.45) is 11.7. The van der Waals surface area contributed by atoms with E-state index < -0.39 is 0 Å². The summed E-state index contributed by atoms with van der Waals surface area (Å²) in [5.41, 5.74) is 7.18. The lowest BCUT2D eigenvalue weighted by molar-refractivity contribution is 0.289. The standard InChI is InChI=1S/C13H21N3/c1-10-2-4-11(5-3-10)16-8-12(15-9-16)13(14)6-7-13/h8-11H,2-7,14H2,1H3. The van der Waals surface area contributed by atoms with Crippen molar-refractivity contribution in [2.75, 3.05) is 0 Å². The third-order valence-electron chi connectivity index (χ3n) is 4.31. The average Bonchev–Trinajstić information content (AvgIpc) is 2.84. The number of rotatable bonds is 2. The van der Waals surface area contributed by atoms with Crippen LogP contribution in [0.5, 0.6) is 0 Å². The van der Waals surface area contributed by atoms with Crippen LogP contribution in [0.1, 0.15) is 57.2 Å². The minimum Gasteiger partial charge on any atom is -0.334 e. The Morgan fingerprint density at radius 1 is 1.31 bits per heavy atom. The second-order valence-corrected chi connectivity index (χ2v) is 5.78. The summed E-state index contributed by atoms with van der Waals surface area (Å²) < 4.78 is 2.30. The van der Waals surface area contributed by atoms with Crippen LogP contribution in [0.15, 0.2) is 12.5 Å². The predicted molar refractivity (Wildman–Crippen MR) is 64.0 cm³/mol. The molecule has 3 nitrogen and oxygen atoms in total. The largest absolute Gasteiger partial charge is 0.334 e. The van der Waals surface area contributed by atoms with Gasteiger partial charge in [-0.25, -0.2) is 4.98 Å². The van der Waals surface area contributed by atoms with Gasteiger partial charge < -0.3 is 10.3 Å². The molecule has 0 aliphatic heterocycles. The van der Waals surface area contributed by atoms with Crippen LogP contribution in [-0.2, 0) is 5.54 Å². The lowest BCUT2D eigenvalue weighted by Gasteiger charge is -2.27. The quantitative estimate of drug-likeness (QED) is 0.830. The molecule has 0 bridgehead atoms. The molecule has 2 fully saturated rings. The van der Waals surface area contributed by atoms with Crippen molar-refractivity contribution in [1.82, 2.24) is 9.55 Å². The maximum absolute atomic E-state index is 6.16. The fourth-order valence-corrected chi connectivity index (χ4v) is 2.72. The lowest BCUT2D eigenvalue weighted by Crippen LogP contribution is -2.19. The molecule has 16 heavy (non-hydrogen) atoms. The summed E-state index contributed by atoms with van der Waals surface area (Å²) in [5.74, 6) is 0.906. The van der Waals surface area contributed by atoms with E-state index in [1.165, 1.54) is 25.7 Å². The number of hydrogen-bond acceptors (Lipinski definition) is 2. The highest BCUT2D eigenvalue weighted by Crippen LogP contribution is 2.42. The maximum atomic E-state index is 6.16. The molecule has 3 heteroatoms. The Hall–Kier alpha value is -0.830. The highest BCUT2D eigenvalue weighted by Gasteiger charge is 2.42. The van der Waals surface area contributed by atoms with Gasteiger partial charge in [-0.3, -0.25) is 0 Å². The summed E-state index contributed by atoms with van der Waals surface area (Å²) in [6.45, 7) is 2.36. The molecule has 1 aromatic rings. The zero-order valence-corrected chi connectivity index (χ0v) is 10.0.